The molecule has 2 heterocycles. The van der Waals surface area contributed by atoms with Crippen LogP contribution in [0.25, 0.3) is 0 Å². The Morgan fingerprint density at radius 1 is 1.62 bits per heavy atom. The van der Waals surface area contributed by atoms with Gasteiger partial charge in [-0.25, -0.2) is 4.98 Å². The van der Waals surface area contributed by atoms with Crippen LogP contribution < -0.4 is 10.6 Å². The van der Waals surface area contributed by atoms with Crippen LogP contribution in [0.5, 0.6) is 0 Å². The van der Waals surface area contributed by atoms with E-state index in [0.29, 0.717) is 11.6 Å². The summed E-state index contributed by atoms with van der Waals surface area (Å²) in [5, 5.41) is 9.20. The van der Waals surface area contributed by atoms with Gasteiger partial charge in [0.15, 0.2) is 0 Å². The van der Waals surface area contributed by atoms with E-state index in [9.17, 15) is 5.11 Å². The number of aliphatic hydroxyl groups excluding tert-OH is 1. The topological polar surface area (TPSA) is 62.4 Å². The zero-order chi connectivity index (χ0) is 11.5. The summed E-state index contributed by atoms with van der Waals surface area (Å²) in [6.45, 7) is 4.22. The number of hydrogen-bond acceptors (Lipinski definition) is 4. The standard InChI is InChI=1S/C12H19N3O/c1-9-5-11(13)6-14-12(9)15-4-2-3-10(7-15)8-16/h5-6,10,16H,2-4,7-8,13H2,1H3. The van der Waals surface area contributed by atoms with Crippen LogP contribution in [0.4, 0.5) is 11.5 Å². The summed E-state index contributed by atoms with van der Waals surface area (Å²) in [5.74, 6) is 1.39. The molecule has 0 bridgehead atoms. The highest BCUT2D eigenvalue weighted by Crippen LogP contribution is 2.24. The fourth-order valence-corrected chi connectivity index (χ4v) is 2.33. The Kier molecular flexibility index (Phi) is 3.29. The number of nitrogens with zero attached hydrogens (tertiary/aromatic N) is 2. The zero-order valence-corrected chi connectivity index (χ0v) is 9.69. The van der Waals surface area contributed by atoms with Crippen molar-refractivity contribution in [3.05, 3.63) is 17.8 Å². The summed E-state index contributed by atoms with van der Waals surface area (Å²) in [4.78, 5) is 6.64. The predicted molar refractivity (Wildman–Crippen MR) is 65.4 cm³/mol. The third-order valence-electron chi connectivity index (χ3n) is 3.15. The molecule has 1 aromatic heterocycles. The number of anilines is 2. The molecule has 0 radical (unpaired) electrons. The summed E-state index contributed by atoms with van der Waals surface area (Å²) in [6, 6.07) is 1.95. The van der Waals surface area contributed by atoms with E-state index in [-0.39, 0.29) is 6.61 Å². The number of nitrogens with two attached hydrogens (primary N) is 1. The van der Waals surface area contributed by atoms with Crippen molar-refractivity contribution in [2.75, 3.05) is 30.3 Å². The van der Waals surface area contributed by atoms with Gasteiger partial charge >= 0.3 is 0 Å². The molecule has 1 fully saturated rings. The Labute approximate surface area is 96.1 Å². The number of aryl methyl sites for hydroxylation is 1. The minimum atomic E-state index is 0.268. The molecule has 3 N–H and O–H groups in total. The monoisotopic (exact) mass is 221 g/mol. The van der Waals surface area contributed by atoms with Crippen LogP contribution in [0.1, 0.15) is 18.4 Å². The first-order valence-corrected chi connectivity index (χ1v) is 5.78. The zero-order valence-electron chi connectivity index (χ0n) is 9.69. The Bertz CT molecular complexity index is 367. The third kappa shape index (κ3) is 2.27. The maximum Gasteiger partial charge on any atom is 0.131 e. The highest BCUT2D eigenvalue weighted by Gasteiger charge is 2.21. The molecule has 0 spiro atoms. The molecule has 0 aliphatic carbocycles. The maximum absolute atomic E-state index is 9.20. The molecule has 1 aliphatic rings. The SMILES string of the molecule is Cc1cc(N)cnc1N1CCCC(CO)C1. The number of rotatable bonds is 2. The lowest BCUT2D eigenvalue weighted by Gasteiger charge is -2.33. The van der Waals surface area contributed by atoms with Crippen molar-refractivity contribution in [2.24, 2.45) is 5.92 Å². The van der Waals surface area contributed by atoms with Crippen LogP contribution >= 0.6 is 0 Å². The fraction of sp³-hybridized carbons (Fsp3) is 0.583. The average molecular weight is 221 g/mol. The largest absolute Gasteiger partial charge is 0.397 e. The molecule has 1 unspecified atom stereocenters. The predicted octanol–water partition coefficient (Wildman–Crippen LogP) is 1.18. The van der Waals surface area contributed by atoms with Gasteiger partial charge in [-0.15, -0.1) is 0 Å². The lowest BCUT2D eigenvalue weighted by Crippen LogP contribution is -2.37. The summed E-state index contributed by atoms with van der Waals surface area (Å²) in [7, 11) is 0. The second kappa shape index (κ2) is 4.70. The van der Waals surface area contributed by atoms with Gasteiger partial charge in [0, 0.05) is 19.7 Å². The molecule has 1 atom stereocenters. The summed E-state index contributed by atoms with van der Waals surface area (Å²) in [5.41, 5.74) is 7.50. The van der Waals surface area contributed by atoms with Crippen molar-refractivity contribution in [1.29, 1.82) is 0 Å². The first kappa shape index (κ1) is 11.2. The van der Waals surface area contributed by atoms with Crippen LogP contribution in [0, 0.1) is 12.8 Å². The molecular formula is C12H19N3O. The summed E-state index contributed by atoms with van der Waals surface area (Å²) in [6.07, 6.45) is 3.93. The molecule has 0 saturated carbocycles. The third-order valence-corrected chi connectivity index (χ3v) is 3.15. The minimum Gasteiger partial charge on any atom is -0.397 e. The fourth-order valence-electron chi connectivity index (χ4n) is 2.33. The van der Waals surface area contributed by atoms with E-state index in [0.717, 1.165) is 37.3 Å². The molecule has 88 valence electrons. The van der Waals surface area contributed by atoms with Gasteiger partial charge in [-0.05, 0) is 37.3 Å². The van der Waals surface area contributed by atoms with Gasteiger partial charge in [0.05, 0.1) is 11.9 Å². The molecule has 1 aliphatic heterocycles. The number of pyridine rings is 1. The highest BCUT2D eigenvalue weighted by molar-refractivity contribution is 5.52. The van der Waals surface area contributed by atoms with Gasteiger partial charge in [0.1, 0.15) is 5.82 Å². The van der Waals surface area contributed by atoms with Crippen LogP contribution in [0.3, 0.4) is 0 Å². The molecule has 2 rings (SSSR count). The Balaban J connectivity index is 2.16. The number of piperidine rings is 1. The van der Waals surface area contributed by atoms with Crippen molar-refractivity contribution in [3.63, 3.8) is 0 Å². The first-order valence-electron chi connectivity index (χ1n) is 5.78. The molecule has 0 aromatic carbocycles. The highest BCUT2D eigenvalue weighted by atomic mass is 16.3. The Hall–Kier alpha value is -1.29. The molecule has 1 saturated heterocycles. The van der Waals surface area contributed by atoms with Crippen LogP contribution in [0.15, 0.2) is 12.3 Å². The van der Waals surface area contributed by atoms with E-state index in [4.69, 9.17) is 5.73 Å². The van der Waals surface area contributed by atoms with E-state index in [1.165, 1.54) is 0 Å². The molecule has 1 aromatic rings. The first-order chi connectivity index (χ1) is 7.70. The number of hydrogen-bond donors (Lipinski definition) is 2. The lowest BCUT2D eigenvalue weighted by atomic mass is 9.99. The Morgan fingerprint density at radius 3 is 3.12 bits per heavy atom. The lowest BCUT2D eigenvalue weighted by molar-refractivity contribution is 0.208. The minimum absolute atomic E-state index is 0.268. The van der Waals surface area contributed by atoms with E-state index >= 15 is 0 Å². The summed E-state index contributed by atoms with van der Waals surface area (Å²) < 4.78 is 0. The van der Waals surface area contributed by atoms with Gasteiger partial charge in [-0.3, -0.25) is 0 Å². The van der Waals surface area contributed by atoms with Crippen LogP contribution in [-0.2, 0) is 0 Å². The average Bonchev–Trinajstić information content (AvgIpc) is 2.29. The van der Waals surface area contributed by atoms with Crippen molar-refractivity contribution < 1.29 is 5.11 Å². The molecule has 16 heavy (non-hydrogen) atoms. The number of nitrogen functional groups attached to an aromatic ring is 1. The van der Waals surface area contributed by atoms with E-state index in [1.807, 2.05) is 13.0 Å². The van der Waals surface area contributed by atoms with Crippen molar-refractivity contribution in [1.82, 2.24) is 4.98 Å². The van der Waals surface area contributed by atoms with E-state index in [2.05, 4.69) is 9.88 Å². The van der Waals surface area contributed by atoms with Gasteiger partial charge in [-0.1, -0.05) is 0 Å². The molecule has 0 amide bonds. The second-order valence-electron chi connectivity index (χ2n) is 4.55. The number of aromatic nitrogens is 1. The molecule has 4 nitrogen and oxygen atoms in total. The van der Waals surface area contributed by atoms with Crippen molar-refractivity contribution in [3.8, 4) is 0 Å². The Morgan fingerprint density at radius 2 is 2.44 bits per heavy atom. The normalized spacial score (nSPS) is 21.1. The smallest absolute Gasteiger partial charge is 0.131 e. The summed E-state index contributed by atoms with van der Waals surface area (Å²) >= 11 is 0. The van der Waals surface area contributed by atoms with Gasteiger partial charge in [-0.2, -0.15) is 0 Å². The van der Waals surface area contributed by atoms with E-state index in [1.54, 1.807) is 6.20 Å². The van der Waals surface area contributed by atoms with Crippen LogP contribution in [-0.4, -0.2) is 29.8 Å². The van der Waals surface area contributed by atoms with Crippen LogP contribution in [0.2, 0.25) is 0 Å². The maximum atomic E-state index is 9.20. The van der Waals surface area contributed by atoms with Crippen molar-refractivity contribution in [2.45, 2.75) is 19.8 Å². The van der Waals surface area contributed by atoms with Gasteiger partial charge in [0.25, 0.3) is 0 Å². The van der Waals surface area contributed by atoms with Gasteiger partial charge < -0.3 is 15.7 Å². The molecule has 4 heteroatoms. The van der Waals surface area contributed by atoms with Gasteiger partial charge in [0.2, 0.25) is 0 Å². The van der Waals surface area contributed by atoms with E-state index < -0.39 is 0 Å². The molecular weight excluding hydrogens is 202 g/mol. The quantitative estimate of drug-likeness (QED) is 0.787. The number of aliphatic hydroxyl groups is 1. The second-order valence-corrected chi connectivity index (χ2v) is 4.55. The van der Waals surface area contributed by atoms with Crippen molar-refractivity contribution >= 4 is 11.5 Å².